The van der Waals surface area contributed by atoms with E-state index in [0.29, 0.717) is 17.7 Å². The number of likely N-dealkylation sites (N-methyl/N-ethyl adjacent to an activating group) is 1. The van der Waals surface area contributed by atoms with Crippen molar-refractivity contribution in [2.75, 3.05) is 19.4 Å². The van der Waals surface area contributed by atoms with Gasteiger partial charge in [-0.3, -0.25) is 29.5 Å². The van der Waals surface area contributed by atoms with Crippen LogP contribution in [0.25, 0.3) is 0 Å². The highest BCUT2D eigenvalue weighted by Gasteiger charge is 2.31. The Kier molecular flexibility index (Phi) is 7.42. The number of carbonyl (C=O) groups excluding carboxylic acids is 3. The minimum absolute atomic E-state index is 0.0531. The Morgan fingerprint density at radius 2 is 1.95 bits per heavy atom. The van der Waals surface area contributed by atoms with Crippen LogP contribution in [0.1, 0.15) is 40.6 Å². The number of cyclic esters (lactones) is 1. The summed E-state index contributed by atoms with van der Waals surface area (Å²) in [6, 6.07) is 14.1. The number of nitro benzene ring substituents is 1. The highest BCUT2D eigenvalue weighted by Crippen LogP contribution is 2.42. The molecule has 1 aromatic heterocycles. The zero-order chi connectivity index (χ0) is 26.5. The van der Waals surface area contributed by atoms with E-state index in [1.807, 2.05) is 0 Å². The fraction of sp³-hybridized carbons (Fsp3) is 0.231. The van der Waals surface area contributed by atoms with Crippen molar-refractivity contribution < 1.29 is 28.8 Å². The number of aromatic nitrogens is 1. The minimum atomic E-state index is -0.737. The van der Waals surface area contributed by atoms with Crippen LogP contribution in [-0.4, -0.2) is 46.7 Å². The van der Waals surface area contributed by atoms with Gasteiger partial charge >= 0.3 is 5.97 Å². The van der Waals surface area contributed by atoms with E-state index in [2.05, 4.69) is 10.3 Å². The smallest absolute Gasteiger partial charge is 0.306 e. The molecule has 11 heteroatoms. The summed E-state index contributed by atoms with van der Waals surface area (Å²) in [5.41, 5.74) is 0.684. The first-order valence-corrected chi connectivity index (χ1v) is 11.4. The van der Waals surface area contributed by atoms with Crippen LogP contribution < -0.4 is 10.1 Å². The largest absolute Gasteiger partial charge is 0.457 e. The van der Waals surface area contributed by atoms with Crippen LogP contribution >= 0.6 is 0 Å². The first-order chi connectivity index (χ1) is 17.7. The average molecular weight is 504 g/mol. The van der Waals surface area contributed by atoms with Crippen molar-refractivity contribution in [1.82, 2.24) is 9.88 Å². The first kappa shape index (κ1) is 25.3. The van der Waals surface area contributed by atoms with Gasteiger partial charge in [-0.25, -0.2) is 0 Å². The number of anilines is 1. The van der Waals surface area contributed by atoms with Crippen LogP contribution in [-0.2, 0) is 20.7 Å². The fourth-order valence-electron chi connectivity index (χ4n) is 3.74. The van der Waals surface area contributed by atoms with Crippen molar-refractivity contribution in [3.05, 3.63) is 87.7 Å². The molecule has 2 aromatic carbocycles. The van der Waals surface area contributed by atoms with Crippen molar-refractivity contribution in [3.63, 3.8) is 0 Å². The predicted octanol–water partition coefficient (Wildman–Crippen LogP) is 4.04. The number of esters is 1. The molecule has 0 aliphatic carbocycles. The highest BCUT2D eigenvalue weighted by molar-refractivity contribution is 6.04. The third-order valence-electron chi connectivity index (χ3n) is 5.71. The summed E-state index contributed by atoms with van der Waals surface area (Å²) < 4.78 is 11.4. The molecule has 1 aliphatic rings. The lowest BCUT2D eigenvalue weighted by atomic mass is 10.0. The lowest BCUT2D eigenvalue weighted by Crippen LogP contribution is -2.23. The molecule has 190 valence electrons. The fourth-order valence-corrected chi connectivity index (χ4v) is 3.74. The second kappa shape index (κ2) is 10.9. The zero-order valence-corrected chi connectivity index (χ0v) is 20.2. The van der Waals surface area contributed by atoms with Gasteiger partial charge in [-0.1, -0.05) is 18.2 Å². The Bertz CT molecular complexity index is 1340. The summed E-state index contributed by atoms with van der Waals surface area (Å²) in [5, 5.41) is 14.4. The molecule has 0 bridgehead atoms. The van der Waals surface area contributed by atoms with E-state index < -0.39 is 22.9 Å². The molecular formula is C26H24N4O7. The van der Waals surface area contributed by atoms with Crippen LogP contribution in [0.2, 0.25) is 0 Å². The molecule has 11 nitrogen and oxygen atoms in total. The molecule has 0 saturated carbocycles. The lowest BCUT2D eigenvalue weighted by Gasteiger charge is -2.18. The van der Waals surface area contributed by atoms with Gasteiger partial charge in [0, 0.05) is 44.4 Å². The SMILES string of the molecule is CN(C)C(=O)Cc1ccc(Oc2cc(NC(=O)c3ccccn3)c([N+](=O)[O-])cc2C2CCC(=O)O2)cc1. The molecule has 0 radical (unpaired) electrons. The Balaban J connectivity index is 1.68. The van der Waals surface area contributed by atoms with Gasteiger partial charge in [-0.15, -0.1) is 0 Å². The Morgan fingerprint density at radius 3 is 2.54 bits per heavy atom. The molecule has 37 heavy (non-hydrogen) atoms. The van der Waals surface area contributed by atoms with E-state index in [-0.39, 0.29) is 41.6 Å². The molecule has 2 heterocycles. The predicted molar refractivity (Wildman–Crippen MR) is 132 cm³/mol. The molecule has 1 N–H and O–H groups in total. The van der Waals surface area contributed by atoms with Crippen LogP contribution in [0.5, 0.6) is 11.5 Å². The van der Waals surface area contributed by atoms with Gasteiger partial charge in [-0.2, -0.15) is 0 Å². The van der Waals surface area contributed by atoms with Crippen LogP contribution in [0, 0.1) is 10.1 Å². The van der Waals surface area contributed by atoms with Crippen molar-refractivity contribution in [1.29, 1.82) is 0 Å². The minimum Gasteiger partial charge on any atom is -0.457 e. The third kappa shape index (κ3) is 6.07. The van der Waals surface area contributed by atoms with Gasteiger partial charge in [-0.05, 0) is 36.2 Å². The van der Waals surface area contributed by atoms with Crippen molar-refractivity contribution in [3.8, 4) is 11.5 Å². The number of carbonyl (C=O) groups is 3. The summed E-state index contributed by atoms with van der Waals surface area (Å²) >= 11 is 0. The Labute approximate surface area is 212 Å². The maximum absolute atomic E-state index is 12.7. The first-order valence-electron chi connectivity index (χ1n) is 11.4. The standard InChI is InChI=1S/C26H24N4O7/c1-29(2)24(31)13-16-6-8-17(9-7-16)36-23-15-20(28-26(33)19-5-3-4-12-27-19)21(30(34)35)14-18(23)22-10-11-25(32)37-22/h3-9,12,14-15,22H,10-11,13H2,1-2H3,(H,28,33). The molecule has 2 amide bonds. The number of rotatable bonds is 8. The van der Waals surface area contributed by atoms with E-state index in [9.17, 15) is 24.5 Å². The number of pyridine rings is 1. The number of nitrogens with zero attached hydrogens (tertiary/aromatic N) is 3. The van der Waals surface area contributed by atoms with Gasteiger partial charge < -0.3 is 19.7 Å². The second-order valence-corrected chi connectivity index (χ2v) is 8.56. The number of ether oxygens (including phenoxy) is 2. The molecule has 4 rings (SSSR count). The number of benzene rings is 2. The van der Waals surface area contributed by atoms with Crippen molar-refractivity contribution in [2.45, 2.75) is 25.4 Å². The molecule has 1 saturated heterocycles. The van der Waals surface area contributed by atoms with Crippen molar-refractivity contribution in [2.24, 2.45) is 0 Å². The van der Waals surface area contributed by atoms with Gasteiger partial charge in [0.25, 0.3) is 11.6 Å². The average Bonchev–Trinajstić information content (AvgIpc) is 3.31. The molecule has 3 aromatic rings. The van der Waals surface area contributed by atoms with E-state index in [1.54, 1.807) is 50.5 Å². The summed E-state index contributed by atoms with van der Waals surface area (Å²) in [4.78, 5) is 53.1. The molecule has 0 spiro atoms. The summed E-state index contributed by atoms with van der Waals surface area (Å²) in [6.45, 7) is 0. The van der Waals surface area contributed by atoms with Gasteiger partial charge in [0.05, 0.1) is 11.3 Å². The summed E-state index contributed by atoms with van der Waals surface area (Å²) in [6.07, 6.45) is 1.42. The van der Waals surface area contributed by atoms with Gasteiger partial charge in [0.15, 0.2) is 0 Å². The maximum Gasteiger partial charge on any atom is 0.306 e. The highest BCUT2D eigenvalue weighted by atomic mass is 16.6. The molecular weight excluding hydrogens is 480 g/mol. The molecule has 1 atom stereocenters. The van der Waals surface area contributed by atoms with E-state index >= 15 is 0 Å². The zero-order valence-electron chi connectivity index (χ0n) is 20.2. The van der Waals surface area contributed by atoms with Crippen molar-refractivity contribution >= 4 is 29.2 Å². The molecule has 1 fully saturated rings. The molecule has 1 aliphatic heterocycles. The van der Waals surface area contributed by atoms with Gasteiger partial charge in [0.1, 0.15) is 29.0 Å². The number of nitrogens with one attached hydrogen (secondary N) is 1. The van der Waals surface area contributed by atoms with Crippen LogP contribution in [0.3, 0.4) is 0 Å². The molecule has 1 unspecified atom stereocenters. The summed E-state index contributed by atoms with van der Waals surface area (Å²) in [5.74, 6) is -0.533. The van der Waals surface area contributed by atoms with Crippen LogP contribution in [0.15, 0.2) is 60.8 Å². The number of nitro groups is 1. The van der Waals surface area contributed by atoms with Crippen LogP contribution in [0.4, 0.5) is 11.4 Å². The Hall–Kier alpha value is -4.80. The van der Waals surface area contributed by atoms with Gasteiger partial charge in [0.2, 0.25) is 5.91 Å². The number of amides is 2. The monoisotopic (exact) mass is 504 g/mol. The number of hydrogen-bond donors (Lipinski definition) is 1. The maximum atomic E-state index is 12.7. The second-order valence-electron chi connectivity index (χ2n) is 8.56. The van der Waals surface area contributed by atoms with E-state index in [4.69, 9.17) is 9.47 Å². The third-order valence-corrected chi connectivity index (χ3v) is 5.71. The Morgan fingerprint density at radius 1 is 1.19 bits per heavy atom. The quantitative estimate of drug-likeness (QED) is 0.275. The summed E-state index contributed by atoms with van der Waals surface area (Å²) in [7, 11) is 3.35. The van der Waals surface area contributed by atoms with E-state index in [0.717, 1.165) is 5.56 Å². The van der Waals surface area contributed by atoms with E-state index in [1.165, 1.54) is 29.3 Å². The normalized spacial score (nSPS) is 14.5. The number of hydrogen-bond acceptors (Lipinski definition) is 8. The lowest BCUT2D eigenvalue weighted by molar-refractivity contribution is -0.384. The topological polar surface area (TPSA) is 141 Å².